The molecule has 1 aromatic carbocycles. The van der Waals surface area contributed by atoms with Crippen LogP contribution in [0.1, 0.15) is 30.6 Å². The molecule has 6 nitrogen and oxygen atoms in total. The fourth-order valence-electron chi connectivity index (χ4n) is 1.64. The Hall–Kier alpha value is -1.79. The molecule has 1 atom stereocenters. The molecule has 0 aliphatic heterocycles. The smallest absolute Gasteiger partial charge is 0.269 e. The number of hydrogen-bond acceptors (Lipinski definition) is 5. The first kappa shape index (κ1) is 14.3. The van der Waals surface area contributed by atoms with Crippen molar-refractivity contribution in [2.75, 3.05) is 0 Å². The molecule has 98 valence electrons. The number of carbonyl (C=O) groups excluding carboxylic acids is 1. The third-order valence-electron chi connectivity index (χ3n) is 2.54. The summed E-state index contributed by atoms with van der Waals surface area (Å²) >= 11 is 0. The van der Waals surface area contributed by atoms with E-state index in [0.29, 0.717) is 12.0 Å². The lowest BCUT2D eigenvalue weighted by Gasteiger charge is -2.15. The molecule has 1 aromatic rings. The highest BCUT2D eigenvalue weighted by molar-refractivity contribution is 6.00. The van der Waals surface area contributed by atoms with E-state index >= 15 is 0 Å². The summed E-state index contributed by atoms with van der Waals surface area (Å²) in [4.78, 5) is 22.0. The molecule has 1 rings (SSSR count). The minimum absolute atomic E-state index is 0.0658. The topological polar surface area (TPSA) is 92.5 Å². The molecule has 0 saturated heterocycles. The monoisotopic (exact) mass is 252 g/mol. The Labute approximate surface area is 105 Å². The highest BCUT2D eigenvalue weighted by atomic mass is 16.6. The highest BCUT2D eigenvalue weighted by Gasteiger charge is 2.20. The van der Waals surface area contributed by atoms with E-state index < -0.39 is 11.0 Å². The van der Waals surface area contributed by atoms with Gasteiger partial charge < -0.3 is 5.21 Å². The molecule has 0 bridgehead atoms. The number of nitrogens with one attached hydrogen (secondary N) is 1. The summed E-state index contributed by atoms with van der Waals surface area (Å²) in [5.74, 6) is -0.0299. The Morgan fingerprint density at radius 3 is 2.33 bits per heavy atom. The van der Waals surface area contributed by atoms with Gasteiger partial charge in [-0.15, -0.1) is 0 Å². The number of nitro groups is 1. The summed E-state index contributed by atoms with van der Waals surface area (Å²) in [6.07, 6.45) is 0.492. The van der Waals surface area contributed by atoms with Gasteiger partial charge in [0.1, 0.15) is 0 Å². The number of non-ortho nitro benzene ring substituents is 1. The average molecular weight is 252 g/mol. The molecule has 0 unspecified atom stereocenters. The van der Waals surface area contributed by atoms with Gasteiger partial charge in [0, 0.05) is 17.7 Å². The van der Waals surface area contributed by atoms with Crippen molar-refractivity contribution in [3.63, 3.8) is 0 Å². The first-order chi connectivity index (χ1) is 8.45. The number of hydroxylamine groups is 1. The molecule has 0 saturated carbocycles. The molecule has 18 heavy (non-hydrogen) atoms. The molecule has 6 heteroatoms. The Kier molecular flexibility index (Phi) is 4.94. The fourth-order valence-corrected chi connectivity index (χ4v) is 1.64. The molecular formula is C12H16N2O4. The molecule has 0 radical (unpaired) electrons. The second-order valence-corrected chi connectivity index (χ2v) is 4.48. The van der Waals surface area contributed by atoms with Crippen LogP contribution in [-0.4, -0.2) is 22.0 Å². The maximum absolute atomic E-state index is 12.0. The van der Waals surface area contributed by atoms with E-state index in [1.165, 1.54) is 24.3 Å². The van der Waals surface area contributed by atoms with E-state index in [2.05, 4.69) is 0 Å². The van der Waals surface area contributed by atoms with Crippen molar-refractivity contribution >= 4 is 11.5 Å². The third-order valence-corrected chi connectivity index (χ3v) is 2.54. The average Bonchev–Trinajstić information content (AvgIpc) is 2.35. The van der Waals surface area contributed by atoms with E-state index in [1.54, 1.807) is 0 Å². The Morgan fingerprint density at radius 1 is 1.39 bits per heavy atom. The Balaban J connectivity index is 2.85. The van der Waals surface area contributed by atoms with E-state index in [4.69, 9.17) is 5.21 Å². The summed E-state index contributed by atoms with van der Waals surface area (Å²) < 4.78 is 0. The fraction of sp³-hybridized carbons (Fsp3) is 0.417. The van der Waals surface area contributed by atoms with Crippen LogP contribution in [0, 0.1) is 16.0 Å². The maximum Gasteiger partial charge on any atom is 0.269 e. The van der Waals surface area contributed by atoms with E-state index in [0.717, 1.165) is 0 Å². The van der Waals surface area contributed by atoms with Crippen molar-refractivity contribution in [3.8, 4) is 0 Å². The summed E-state index contributed by atoms with van der Waals surface area (Å²) in [5.41, 5.74) is 2.26. The van der Waals surface area contributed by atoms with Crippen LogP contribution in [-0.2, 0) is 0 Å². The lowest BCUT2D eigenvalue weighted by Crippen LogP contribution is -2.35. The minimum Gasteiger partial charge on any atom is -0.316 e. The van der Waals surface area contributed by atoms with Crippen LogP contribution in [0.5, 0.6) is 0 Å². The molecule has 0 amide bonds. The number of rotatable bonds is 6. The summed E-state index contributed by atoms with van der Waals surface area (Å²) in [5, 5.41) is 19.5. The zero-order valence-electron chi connectivity index (χ0n) is 10.3. The van der Waals surface area contributed by atoms with Crippen molar-refractivity contribution in [1.82, 2.24) is 5.48 Å². The zero-order chi connectivity index (χ0) is 13.7. The molecule has 2 N–H and O–H groups in total. The first-order valence-electron chi connectivity index (χ1n) is 5.64. The van der Waals surface area contributed by atoms with Gasteiger partial charge in [0.15, 0.2) is 5.78 Å². The SMILES string of the molecule is CC(C)C[C@H](NO)C(=O)c1ccc([N+](=O)[O-])cc1. The first-order valence-corrected chi connectivity index (χ1v) is 5.64. The van der Waals surface area contributed by atoms with Crippen molar-refractivity contribution in [1.29, 1.82) is 0 Å². The number of benzene rings is 1. The lowest BCUT2D eigenvalue weighted by atomic mass is 9.96. The van der Waals surface area contributed by atoms with Gasteiger partial charge in [0.25, 0.3) is 5.69 Å². The summed E-state index contributed by atoms with van der Waals surface area (Å²) in [6, 6.07) is 4.65. The number of ketones is 1. The maximum atomic E-state index is 12.0. The van der Waals surface area contributed by atoms with Gasteiger partial charge in [-0.25, -0.2) is 0 Å². The Morgan fingerprint density at radius 2 is 1.94 bits per heavy atom. The zero-order valence-corrected chi connectivity index (χ0v) is 10.3. The van der Waals surface area contributed by atoms with Crippen molar-refractivity contribution in [3.05, 3.63) is 39.9 Å². The van der Waals surface area contributed by atoms with Crippen molar-refractivity contribution in [2.24, 2.45) is 5.92 Å². The molecule has 0 aliphatic carbocycles. The van der Waals surface area contributed by atoms with Gasteiger partial charge in [-0.3, -0.25) is 14.9 Å². The van der Waals surface area contributed by atoms with Gasteiger partial charge in [-0.05, 0) is 24.5 Å². The third kappa shape index (κ3) is 3.61. The molecule has 0 heterocycles. The number of Topliss-reactive ketones (excluding diaryl/α,β-unsaturated/α-hetero) is 1. The Bertz CT molecular complexity index is 428. The normalized spacial score (nSPS) is 12.4. The van der Waals surface area contributed by atoms with E-state index in [1.807, 2.05) is 19.3 Å². The van der Waals surface area contributed by atoms with Gasteiger partial charge in [-0.1, -0.05) is 13.8 Å². The standard InChI is InChI=1S/C12H16N2O4/c1-8(2)7-11(13-16)12(15)9-3-5-10(6-4-9)14(17)18/h3-6,8,11,13,16H,7H2,1-2H3/t11-/m0/s1. The lowest BCUT2D eigenvalue weighted by molar-refractivity contribution is -0.384. The van der Waals surface area contributed by atoms with Crippen LogP contribution in [0.15, 0.2) is 24.3 Å². The van der Waals surface area contributed by atoms with Gasteiger partial charge >= 0.3 is 0 Å². The van der Waals surface area contributed by atoms with Gasteiger partial charge in [-0.2, -0.15) is 5.48 Å². The van der Waals surface area contributed by atoms with Crippen molar-refractivity contribution < 1.29 is 14.9 Å². The van der Waals surface area contributed by atoms with Crippen LogP contribution in [0.4, 0.5) is 5.69 Å². The van der Waals surface area contributed by atoms with Crippen LogP contribution in [0.25, 0.3) is 0 Å². The second-order valence-electron chi connectivity index (χ2n) is 4.48. The van der Waals surface area contributed by atoms with Crippen molar-refractivity contribution in [2.45, 2.75) is 26.3 Å². The number of carbonyl (C=O) groups is 1. The number of hydrogen-bond donors (Lipinski definition) is 2. The van der Waals surface area contributed by atoms with E-state index in [9.17, 15) is 14.9 Å². The molecule has 0 aromatic heterocycles. The van der Waals surface area contributed by atoms with Crippen LogP contribution in [0.2, 0.25) is 0 Å². The summed E-state index contributed by atoms with van der Waals surface area (Å²) in [7, 11) is 0. The quantitative estimate of drug-likeness (QED) is 0.460. The predicted octanol–water partition coefficient (Wildman–Crippen LogP) is 2.17. The molecular weight excluding hydrogens is 236 g/mol. The van der Waals surface area contributed by atoms with E-state index in [-0.39, 0.29) is 17.4 Å². The molecule has 0 aliphatic rings. The number of nitro benzene ring substituents is 1. The van der Waals surface area contributed by atoms with Gasteiger partial charge in [0.2, 0.25) is 0 Å². The predicted molar refractivity (Wildman–Crippen MR) is 65.6 cm³/mol. The van der Waals surface area contributed by atoms with Crippen LogP contribution >= 0.6 is 0 Å². The molecule has 0 fully saturated rings. The van der Waals surface area contributed by atoms with Crippen LogP contribution in [0.3, 0.4) is 0 Å². The minimum atomic E-state index is -0.688. The largest absolute Gasteiger partial charge is 0.316 e. The van der Waals surface area contributed by atoms with Gasteiger partial charge in [0.05, 0.1) is 11.0 Å². The highest BCUT2D eigenvalue weighted by Crippen LogP contribution is 2.15. The summed E-state index contributed by atoms with van der Waals surface area (Å²) in [6.45, 7) is 3.88. The number of nitrogens with zero attached hydrogens (tertiary/aromatic N) is 1. The molecule has 0 spiro atoms. The van der Waals surface area contributed by atoms with Crippen LogP contribution < -0.4 is 5.48 Å². The second kappa shape index (κ2) is 6.23.